The molecule has 4 nitrogen and oxygen atoms in total. The molecular formula is C16H36N2O2. The van der Waals surface area contributed by atoms with Gasteiger partial charge in [-0.15, -0.1) is 0 Å². The van der Waals surface area contributed by atoms with E-state index in [9.17, 15) is 4.79 Å². The monoisotopic (exact) mass is 288 g/mol. The van der Waals surface area contributed by atoms with Gasteiger partial charge in [0.2, 0.25) is 0 Å². The summed E-state index contributed by atoms with van der Waals surface area (Å²) in [5.41, 5.74) is -0.389. The van der Waals surface area contributed by atoms with E-state index in [1.54, 1.807) is 0 Å². The van der Waals surface area contributed by atoms with Crippen LogP contribution in [0.1, 0.15) is 74.1 Å². The summed E-state index contributed by atoms with van der Waals surface area (Å²) >= 11 is 0. The normalized spacial score (nSPS) is 14.8. The van der Waals surface area contributed by atoms with Crippen LogP contribution in [0.3, 0.4) is 0 Å². The average molecular weight is 288 g/mol. The number of rotatable bonds is 2. The molecule has 0 heterocycles. The van der Waals surface area contributed by atoms with Crippen molar-refractivity contribution in [2.75, 3.05) is 7.05 Å². The molecule has 0 spiro atoms. The molecule has 1 fully saturated rings. The lowest BCUT2D eigenvalue weighted by molar-refractivity contribution is 0.0541. The number of hydrogen-bond acceptors (Lipinski definition) is 3. The van der Waals surface area contributed by atoms with Crippen molar-refractivity contribution in [1.29, 1.82) is 0 Å². The molecular weight excluding hydrogens is 252 g/mol. The highest BCUT2D eigenvalue weighted by Gasteiger charge is 2.14. The topological polar surface area (TPSA) is 50.4 Å². The molecule has 0 saturated heterocycles. The Balaban J connectivity index is 0. The van der Waals surface area contributed by atoms with E-state index in [4.69, 9.17) is 4.74 Å². The van der Waals surface area contributed by atoms with Gasteiger partial charge in [-0.25, -0.2) is 4.79 Å². The van der Waals surface area contributed by atoms with Gasteiger partial charge in [-0.1, -0.05) is 40.5 Å². The third-order valence-corrected chi connectivity index (χ3v) is 2.53. The smallest absolute Gasteiger partial charge is 0.407 e. The second kappa shape index (κ2) is 12.0. The number of nitrogens with one attached hydrogen (secondary N) is 2. The number of amides is 1. The fraction of sp³-hybridized carbons (Fsp3) is 0.938. The molecule has 0 aromatic rings. The van der Waals surface area contributed by atoms with Crippen LogP contribution in [0.5, 0.6) is 0 Å². The lowest BCUT2D eigenvalue weighted by Crippen LogP contribution is -2.32. The van der Waals surface area contributed by atoms with Crippen LogP contribution in [-0.2, 0) is 4.74 Å². The van der Waals surface area contributed by atoms with Crippen LogP contribution in [0.25, 0.3) is 0 Å². The summed E-state index contributed by atoms with van der Waals surface area (Å²) in [5, 5.41) is 5.90. The SMILES string of the molecule is CC.CC(C)NC1CCCC1.CNC(=O)OC(C)(C)C. The van der Waals surface area contributed by atoms with Crippen molar-refractivity contribution in [2.24, 2.45) is 0 Å². The highest BCUT2D eigenvalue weighted by molar-refractivity contribution is 5.67. The van der Waals surface area contributed by atoms with E-state index < -0.39 is 0 Å². The number of carbonyl (C=O) groups is 1. The first kappa shape index (κ1) is 21.5. The zero-order valence-corrected chi connectivity index (χ0v) is 14.8. The van der Waals surface area contributed by atoms with E-state index in [0.717, 1.165) is 6.04 Å². The van der Waals surface area contributed by atoms with Gasteiger partial charge in [0.1, 0.15) is 5.60 Å². The fourth-order valence-corrected chi connectivity index (χ4v) is 1.89. The van der Waals surface area contributed by atoms with Gasteiger partial charge >= 0.3 is 6.09 Å². The third kappa shape index (κ3) is 15.3. The molecule has 0 atom stereocenters. The van der Waals surface area contributed by atoms with Crippen LogP contribution in [0, 0.1) is 0 Å². The second-order valence-corrected chi connectivity index (χ2v) is 6.05. The number of alkyl carbamates (subject to hydrolysis) is 1. The molecule has 0 aromatic carbocycles. The van der Waals surface area contributed by atoms with Gasteiger partial charge in [0.15, 0.2) is 0 Å². The Morgan fingerprint density at radius 2 is 1.60 bits per heavy atom. The van der Waals surface area contributed by atoms with Gasteiger partial charge in [0.25, 0.3) is 0 Å². The van der Waals surface area contributed by atoms with E-state index >= 15 is 0 Å². The third-order valence-electron chi connectivity index (χ3n) is 2.53. The zero-order valence-electron chi connectivity index (χ0n) is 14.8. The second-order valence-electron chi connectivity index (χ2n) is 6.05. The van der Waals surface area contributed by atoms with Crippen LogP contribution >= 0.6 is 0 Å². The van der Waals surface area contributed by atoms with E-state index in [0.29, 0.717) is 6.04 Å². The molecule has 1 aliphatic rings. The van der Waals surface area contributed by atoms with Crippen LogP contribution < -0.4 is 10.6 Å². The van der Waals surface area contributed by atoms with Crippen LogP contribution in [0.15, 0.2) is 0 Å². The molecule has 122 valence electrons. The molecule has 0 bridgehead atoms. The molecule has 2 N–H and O–H groups in total. The highest BCUT2D eigenvalue weighted by atomic mass is 16.6. The Labute approximate surface area is 126 Å². The first-order chi connectivity index (χ1) is 9.24. The number of hydrogen-bond donors (Lipinski definition) is 2. The minimum Gasteiger partial charge on any atom is -0.444 e. The summed E-state index contributed by atoms with van der Waals surface area (Å²) in [5.74, 6) is 0. The maximum absolute atomic E-state index is 10.5. The van der Waals surface area contributed by atoms with Crippen molar-refractivity contribution in [2.45, 2.75) is 91.8 Å². The maximum atomic E-state index is 10.5. The minimum atomic E-state index is -0.389. The Morgan fingerprint density at radius 3 is 1.85 bits per heavy atom. The van der Waals surface area contributed by atoms with Gasteiger partial charge in [-0.2, -0.15) is 0 Å². The lowest BCUT2D eigenvalue weighted by Gasteiger charge is -2.18. The lowest BCUT2D eigenvalue weighted by atomic mass is 10.2. The molecule has 0 unspecified atom stereocenters. The Morgan fingerprint density at radius 1 is 1.15 bits per heavy atom. The van der Waals surface area contributed by atoms with E-state index in [1.165, 1.54) is 32.7 Å². The molecule has 1 rings (SSSR count). The summed E-state index contributed by atoms with van der Waals surface area (Å²) in [6.07, 6.45) is 5.29. The maximum Gasteiger partial charge on any atom is 0.407 e. The van der Waals surface area contributed by atoms with Crippen LogP contribution in [0.4, 0.5) is 4.79 Å². The van der Waals surface area contributed by atoms with Gasteiger partial charge in [0, 0.05) is 19.1 Å². The average Bonchev–Trinajstić information content (AvgIpc) is 2.82. The first-order valence-electron chi connectivity index (χ1n) is 7.91. The zero-order chi connectivity index (χ0) is 16.2. The molecule has 0 aromatic heterocycles. The first-order valence-corrected chi connectivity index (χ1v) is 7.91. The van der Waals surface area contributed by atoms with E-state index in [1.807, 2.05) is 34.6 Å². The summed E-state index contributed by atoms with van der Waals surface area (Å²) in [7, 11) is 1.54. The van der Waals surface area contributed by atoms with Crippen molar-refractivity contribution in [3.63, 3.8) is 0 Å². The molecule has 20 heavy (non-hydrogen) atoms. The van der Waals surface area contributed by atoms with Gasteiger partial charge in [-0.3, -0.25) is 0 Å². The molecule has 1 amide bonds. The molecule has 4 heteroatoms. The largest absolute Gasteiger partial charge is 0.444 e. The highest BCUT2D eigenvalue weighted by Crippen LogP contribution is 2.17. The Bertz CT molecular complexity index is 229. The Hall–Kier alpha value is -0.770. The van der Waals surface area contributed by atoms with Crippen molar-refractivity contribution in [3.05, 3.63) is 0 Å². The Kier molecular flexibility index (Phi) is 12.9. The van der Waals surface area contributed by atoms with Crippen molar-refractivity contribution >= 4 is 6.09 Å². The fourth-order valence-electron chi connectivity index (χ4n) is 1.89. The standard InChI is InChI=1S/C8H17N.C6H13NO2.C2H6/c1-7(2)9-8-5-3-4-6-8;1-6(2,3)9-5(8)7-4;1-2/h7-9H,3-6H2,1-2H3;1-4H3,(H,7,8);1-2H3. The number of ether oxygens (including phenoxy) is 1. The number of carbonyl (C=O) groups excluding carboxylic acids is 1. The van der Waals surface area contributed by atoms with E-state index in [2.05, 4.69) is 24.5 Å². The van der Waals surface area contributed by atoms with Crippen LogP contribution in [0.2, 0.25) is 0 Å². The predicted molar refractivity (Wildman–Crippen MR) is 87.2 cm³/mol. The summed E-state index contributed by atoms with van der Waals surface area (Å²) < 4.78 is 4.84. The minimum absolute atomic E-state index is 0.387. The van der Waals surface area contributed by atoms with Crippen molar-refractivity contribution in [1.82, 2.24) is 10.6 Å². The van der Waals surface area contributed by atoms with Gasteiger partial charge < -0.3 is 15.4 Å². The molecule has 1 aliphatic carbocycles. The predicted octanol–water partition coefficient (Wildman–Crippen LogP) is 4.09. The van der Waals surface area contributed by atoms with E-state index in [-0.39, 0.29) is 11.7 Å². The summed E-state index contributed by atoms with van der Waals surface area (Å²) in [4.78, 5) is 10.5. The van der Waals surface area contributed by atoms with Crippen molar-refractivity contribution in [3.8, 4) is 0 Å². The van der Waals surface area contributed by atoms with Gasteiger partial charge in [-0.05, 0) is 33.6 Å². The van der Waals surface area contributed by atoms with Crippen LogP contribution in [-0.4, -0.2) is 30.8 Å². The molecule has 0 aliphatic heterocycles. The van der Waals surface area contributed by atoms with Crippen molar-refractivity contribution < 1.29 is 9.53 Å². The summed E-state index contributed by atoms with van der Waals surface area (Å²) in [6, 6.07) is 1.51. The quantitative estimate of drug-likeness (QED) is 0.804. The molecule has 0 radical (unpaired) electrons. The summed E-state index contributed by atoms with van der Waals surface area (Å²) in [6.45, 7) is 13.9. The van der Waals surface area contributed by atoms with Gasteiger partial charge in [0.05, 0.1) is 0 Å². The molecule has 1 saturated carbocycles.